The largest absolute Gasteiger partial charge is 0.343 e. The summed E-state index contributed by atoms with van der Waals surface area (Å²) in [5, 5.41) is 6.11. The molecule has 0 saturated heterocycles. The SMILES string of the molecule is Cn1c2c(c3sc(N=C4C(=O)C5CCCCC5C4=O)cc31)=CC1C=c3c(c4sc(N=C5C(=O)C6CCCCC6C5=O)cc4n3C)=CC1C=2. The van der Waals surface area contributed by atoms with Crippen molar-refractivity contribution in [3.8, 4) is 0 Å². The fraction of sp³-hybridized carbons (Fsp3) is 0.421. The van der Waals surface area contributed by atoms with Crippen LogP contribution in [-0.4, -0.2) is 43.7 Å². The minimum Gasteiger partial charge on any atom is -0.343 e. The number of hydrogen-bond acceptors (Lipinski definition) is 8. The van der Waals surface area contributed by atoms with Crippen molar-refractivity contribution in [2.75, 3.05) is 0 Å². The first kappa shape index (κ1) is 28.9. The highest BCUT2D eigenvalue weighted by atomic mass is 32.1. The van der Waals surface area contributed by atoms with Gasteiger partial charge in [-0.3, -0.25) is 19.2 Å². The monoisotopic (exact) mass is 674 g/mol. The van der Waals surface area contributed by atoms with Crippen molar-refractivity contribution in [1.29, 1.82) is 0 Å². The molecule has 4 heterocycles. The van der Waals surface area contributed by atoms with Crippen molar-refractivity contribution in [3.05, 3.63) is 33.3 Å². The van der Waals surface area contributed by atoms with Crippen LogP contribution in [0.3, 0.4) is 0 Å². The summed E-state index contributed by atoms with van der Waals surface area (Å²) in [7, 11) is 4.14. The number of fused-ring (bicyclic) bond motifs is 9. The highest BCUT2D eigenvalue weighted by Crippen LogP contribution is 2.41. The second kappa shape index (κ2) is 10.2. The van der Waals surface area contributed by atoms with Crippen molar-refractivity contribution < 1.29 is 19.2 Å². The Morgan fingerprint density at radius 2 is 0.917 bits per heavy atom. The van der Waals surface area contributed by atoms with Crippen molar-refractivity contribution in [1.82, 2.24) is 9.13 Å². The summed E-state index contributed by atoms with van der Waals surface area (Å²) in [6.07, 6.45) is 16.6. The molecule has 4 saturated carbocycles. The highest BCUT2D eigenvalue weighted by Gasteiger charge is 2.48. The average molecular weight is 675 g/mol. The van der Waals surface area contributed by atoms with Crippen LogP contribution in [0, 0.1) is 35.5 Å². The minimum absolute atomic E-state index is 0.0599. The third kappa shape index (κ3) is 3.93. The number of ketones is 4. The summed E-state index contributed by atoms with van der Waals surface area (Å²) in [5.74, 6) is -0.585. The van der Waals surface area contributed by atoms with Crippen molar-refractivity contribution in [3.63, 3.8) is 0 Å². The molecule has 48 heavy (non-hydrogen) atoms. The van der Waals surface area contributed by atoms with Gasteiger partial charge in [0.2, 0.25) is 0 Å². The lowest BCUT2D eigenvalue weighted by atomic mass is 9.81. The van der Waals surface area contributed by atoms with E-state index in [1.165, 1.54) is 10.4 Å². The molecule has 6 aliphatic carbocycles. The van der Waals surface area contributed by atoms with Gasteiger partial charge in [0.25, 0.3) is 0 Å². The van der Waals surface area contributed by atoms with Crippen LogP contribution >= 0.6 is 22.7 Å². The number of aromatic nitrogens is 2. The predicted molar refractivity (Wildman–Crippen MR) is 190 cm³/mol. The quantitative estimate of drug-likeness (QED) is 0.322. The Labute approximate surface area is 283 Å². The van der Waals surface area contributed by atoms with Gasteiger partial charge >= 0.3 is 0 Å². The average Bonchev–Trinajstić information content (AvgIpc) is 3.91. The molecule has 4 aromatic heterocycles. The molecule has 4 fully saturated rings. The van der Waals surface area contributed by atoms with Gasteiger partial charge in [-0.05, 0) is 37.8 Å². The third-order valence-corrected chi connectivity index (χ3v) is 14.1. The van der Waals surface area contributed by atoms with Crippen LogP contribution in [0.5, 0.6) is 0 Å². The maximum atomic E-state index is 13.1. The molecule has 10 rings (SSSR count). The summed E-state index contributed by atoms with van der Waals surface area (Å²) < 4.78 is 6.66. The van der Waals surface area contributed by atoms with E-state index in [0.29, 0.717) is 10.0 Å². The number of thiophene rings is 2. The summed E-state index contributed by atoms with van der Waals surface area (Å²) in [6, 6.07) is 4.04. The Bertz CT molecular complexity index is 2290. The Morgan fingerprint density at radius 1 is 0.562 bits per heavy atom. The molecule has 8 nitrogen and oxygen atoms in total. The number of carbonyl (C=O) groups excluding carboxylic acids is 4. The van der Waals surface area contributed by atoms with E-state index in [4.69, 9.17) is 0 Å². The fourth-order valence-electron chi connectivity index (χ4n) is 9.50. The van der Waals surface area contributed by atoms with E-state index in [0.717, 1.165) is 82.5 Å². The van der Waals surface area contributed by atoms with Crippen molar-refractivity contribution in [2.24, 2.45) is 59.6 Å². The highest BCUT2D eigenvalue weighted by molar-refractivity contribution is 7.23. The zero-order valence-electron chi connectivity index (χ0n) is 26.8. The first-order valence-electron chi connectivity index (χ1n) is 17.2. The van der Waals surface area contributed by atoms with Gasteiger partial charge in [-0.2, -0.15) is 0 Å². The van der Waals surface area contributed by atoms with Gasteiger partial charge in [-0.1, -0.05) is 50.0 Å². The van der Waals surface area contributed by atoms with E-state index in [1.807, 2.05) is 12.1 Å². The lowest BCUT2D eigenvalue weighted by molar-refractivity contribution is -0.120. The summed E-state index contributed by atoms with van der Waals surface area (Å²) in [5.41, 5.74) is 2.43. The second-order valence-corrected chi connectivity index (χ2v) is 16.6. The van der Waals surface area contributed by atoms with Gasteiger partial charge < -0.3 is 9.13 Å². The Hall–Kier alpha value is -4.02. The number of hydrogen-bond donors (Lipinski definition) is 0. The van der Waals surface area contributed by atoms with Crippen LogP contribution in [-0.2, 0) is 33.3 Å². The normalized spacial score (nSPS) is 29.1. The lowest BCUT2D eigenvalue weighted by Crippen LogP contribution is -2.39. The van der Waals surface area contributed by atoms with Gasteiger partial charge in [0.15, 0.2) is 34.6 Å². The molecule has 0 spiro atoms. The summed E-state index contributed by atoms with van der Waals surface area (Å²) in [6.45, 7) is 0. The van der Waals surface area contributed by atoms with E-state index in [9.17, 15) is 19.2 Å². The van der Waals surface area contributed by atoms with E-state index in [2.05, 4.69) is 57.5 Å². The molecular weight excluding hydrogens is 641 g/mol. The predicted octanol–water partition coefficient (Wildman–Crippen LogP) is 3.94. The van der Waals surface area contributed by atoms with Crippen molar-refractivity contribution >= 4 is 112 Å². The summed E-state index contributed by atoms with van der Waals surface area (Å²) in [4.78, 5) is 61.8. The van der Waals surface area contributed by atoms with Gasteiger partial charge in [0.05, 0.1) is 20.4 Å². The number of carbonyl (C=O) groups is 4. The van der Waals surface area contributed by atoms with E-state index >= 15 is 0 Å². The second-order valence-electron chi connectivity index (χ2n) is 14.5. The Morgan fingerprint density at radius 3 is 1.27 bits per heavy atom. The number of Topliss-reactive ketones (excluding diaryl/α,β-unsaturated/α-hetero) is 4. The maximum Gasteiger partial charge on any atom is 0.188 e. The molecule has 0 aromatic carbocycles. The molecule has 6 unspecified atom stereocenters. The Kier molecular flexibility index (Phi) is 6.18. The molecule has 10 heteroatoms. The van der Waals surface area contributed by atoms with Crippen LogP contribution in [0.4, 0.5) is 10.0 Å². The van der Waals surface area contributed by atoms with Crippen LogP contribution in [0.15, 0.2) is 22.1 Å². The summed E-state index contributed by atoms with van der Waals surface area (Å²) >= 11 is 3.12. The number of aliphatic imine (C=N–C) groups is 2. The number of aryl methyl sites for hydroxylation is 2. The minimum atomic E-state index is -0.173. The molecule has 4 aromatic rings. The standard InChI is InChI=1S/C38H34N4O4S2/c1-41-25-13-17-12-24-26(42(2)28-16-30(48-38(24)28)40-32-35(45)21-9-5-6-10-22(21)36(32)46)14-18(17)11-23(25)37-27(41)15-29(47-37)39-31-33(43)19-7-3-4-8-20(19)34(31)44/h11-22H,3-10H2,1-2H3. The molecule has 0 bridgehead atoms. The molecule has 0 N–H and O–H groups in total. The first-order valence-corrected chi connectivity index (χ1v) is 18.9. The van der Waals surface area contributed by atoms with E-state index in [-0.39, 0.29) is 70.1 Å². The van der Waals surface area contributed by atoms with Gasteiger partial charge in [-0.25, -0.2) is 9.98 Å². The molecular formula is C38H34N4O4S2. The third-order valence-electron chi connectivity index (χ3n) is 12.0. The van der Waals surface area contributed by atoms with E-state index < -0.39 is 0 Å². The molecule has 6 aliphatic rings. The van der Waals surface area contributed by atoms with Crippen LogP contribution in [0.25, 0.3) is 44.7 Å². The zero-order chi connectivity index (χ0) is 32.6. The zero-order valence-corrected chi connectivity index (χ0v) is 28.5. The van der Waals surface area contributed by atoms with Crippen LogP contribution in [0.1, 0.15) is 51.4 Å². The first-order chi connectivity index (χ1) is 23.3. The van der Waals surface area contributed by atoms with Crippen LogP contribution in [0.2, 0.25) is 0 Å². The van der Waals surface area contributed by atoms with Gasteiger partial charge in [0.1, 0.15) is 10.0 Å². The molecule has 0 amide bonds. The van der Waals surface area contributed by atoms with E-state index in [1.54, 1.807) is 22.7 Å². The number of nitrogens with zero attached hydrogens (tertiary/aromatic N) is 4. The van der Waals surface area contributed by atoms with Crippen molar-refractivity contribution in [2.45, 2.75) is 51.4 Å². The molecule has 0 aliphatic heterocycles. The van der Waals surface area contributed by atoms with Gasteiger partial charge in [0, 0.05) is 70.7 Å². The number of rotatable bonds is 2. The molecule has 0 radical (unpaired) electrons. The maximum absolute atomic E-state index is 13.1. The smallest absolute Gasteiger partial charge is 0.188 e. The Balaban J connectivity index is 1.02. The topological polar surface area (TPSA) is 103 Å². The lowest BCUT2D eigenvalue weighted by Gasteiger charge is -2.21. The fourth-order valence-corrected chi connectivity index (χ4v) is 11.7. The van der Waals surface area contributed by atoms with Gasteiger partial charge in [-0.15, -0.1) is 22.7 Å². The van der Waals surface area contributed by atoms with Crippen LogP contribution < -0.4 is 21.1 Å². The molecule has 6 atom stereocenters. The molecule has 242 valence electrons.